The van der Waals surface area contributed by atoms with Crippen molar-refractivity contribution in [2.75, 3.05) is 26.2 Å². The van der Waals surface area contributed by atoms with Crippen LogP contribution in [0.15, 0.2) is 84.9 Å². The summed E-state index contributed by atoms with van der Waals surface area (Å²) in [5, 5.41) is 3.06. The summed E-state index contributed by atoms with van der Waals surface area (Å²) in [5.74, 6) is 0.430. The molecule has 1 atom stereocenters. The molecule has 0 aliphatic carbocycles. The van der Waals surface area contributed by atoms with Gasteiger partial charge in [0.15, 0.2) is 5.54 Å². The highest BCUT2D eigenvalue weighted by Gasteiger charge is 2.53. The lowest BCUT2D eigenvalue weighted by Gasteiger charge is -2.32. The van der Waals surface area contributed by atoms with E-state index < -0.39 is 5.54 Å². The number of rotatable bonds is 7. The third kappa shape index (κ3) is 4.61. The van der Waals surface area contributed by atoms with Gasteiger partial charge in [-0.05, 0) is 68.4 Å². The fourth-order valence-electron chi connectivity index (χ4n) is 5.50. The van der Waals surface area contributed by atoms with Gasteiger partial charge in [0.05, 0.1) is 0 Å². The van der Waals surface area contributed by atoms with Gasteiger partial charge in [0, 0.05) is 6.54 Å². The van der Waals surface area contributed by atoms with Gasteiger partial charge in [0.1, 0.15) is 0 Å². The number of carbonyl (C=O) groups is 2. The average Bonchev–Trinajstić information content (AvgIpc) is 3.16. The number of piperidine rings is 1. The predicted molar refractivity (Wildman–Crippen MR) is 138 cm³/mol. The first kappa shape index (κ1) is 23.3. The first-order valence-corrected chi connectivity index (χ1v) is 12.6. The van der Waals surface area contributed by atoms with Gasteiger partial charge < -0.3 is 10.2 Å². The summed E-state index contributed by atoms with van der Waals surface area (Å²) >= 11 is 0. The topological polar surface area (TPSA) is 52.7 Å². The summed E-state index contributed by atoms with van der Waals surface area (Å²) in [7, 11) is 0. The molecule has 2 saturated heterocycles. The van der Waals surface area contributed by atoms with E-state index in [1.165, 1.54) is 10.5 Å². The van der Waals surface area contributed by atoms with Crippen LogP contribution in [0.1, 0.15) is 47.4 Å². The Morgan fingerprint density at radius 3 is 2.06 bits per heavy atom. The molecule has 3 amide bonds. The minimum atomic E-state index is -1.18. The minimum Gasteiger partial charge on any atom is -0.315 e. The molecule has 0 aromatic heterocycles. The zero-order chi connectivity index (χ0) is 24.3. The van der Waals surface area contributed by atoms with Gasteiger partial charge in [0.2, 0.25) is 0 Å². The van der Waals surface area contributed by atoms with E-state index in [0.717, 1.165) is 55.6 Å². The lowest BCUT2D eigenvalue weighted by molar-refractivity contribution is -0.130. The van der Waals surface area contributed by atoms with E-state index in [0.29, 0.717) is 12.5 Å². The summed E-state index contributed by atoms with van der Waals surface area (Å²) in [6, 6.07) is 27.9. The molecule has 1 N–H and O–H groups in total. The second-order valence-corrected chi connectivity index (χ2v) is 9.75. The van der Waals surface area contributed by atoms with Crippen LogP contribution in [-0.2, 0) is 10.3 Å². The molecule has 1 unspecified atom stereocenters. The number of hydrogen-bond acceptors (Lipinski definition) is 3. The molecule has 0 spiro atoms. The Kier molecular flexibility index (Phi) is 6.69. The summed E-state index contributed by atoms with van der Waals surface area (Å²) < 4.78 is 0. The molecule has 5 nitrogen and oxygen atoms in total. The largest absolute Gasteiger partial charge is 0.325 e. The SMILES string of the molecule is Cc1ccc(C2(c3ccccc3)NC(=O)N(CCCN3CCC(c4ccccc4)CC3)C2=O)cc1. The molecule has 2 fully saturated rings. The molecule has 2 aliphatic heterocycles. The monoisotopic (exact) mass is 467 g/mol. The molecule has 35 heavy (non-hydrogen) atoms. The first-order valence-electron chi connectivity index (χ1n) is 12.6. The fourth-order valence-corrected chi connectivity index (χ4v) is 5.50. The minimum absolute atomic E-state index is 0.194. The number of carbonyl (C=O) groups excluding carboxylic acids is 2. The second kappa shape index (κ2) is 10.0. The first-order chi connectivity index (χ1) is 17.1. The number of urea groups is 1. The third-order valence-corrected chi connectivity index (χ3v) is 7.51. The molecular formula is C30H33N3O2. The molecular weight excluding hydrogens is 434 g/mol. The van der Waals surface area contributed by atoms with Crippen molar-refractivity contribution in [3.63, 3.8) is 0 Å². The zero-order valence-corrected chi connectivity index (χ0v) is 20.3. The summed E-state index contributed by atoms with van der Waals surface area (Å²) in [6.07, 6.45) is 3.07. The van der Waals surface area contributed by atoms with Crippen LogP contribution >= 0.6 is 0 Å². The van der Waals surface area contributed by atoms with E-state index >= 15 is 0 Å². The summed E-state index contributed by atoms with van der Waals surface area (Å²) in [5.41, 5.74) is 2.94. The highest BCUT2D eigenvalue weighted by Crippen LogP contribution is 2.36. The number of hydrogen-bond donors (Lipinski definition) is 1. The smallest absolute Gasteiger partial charge is 0.315 e. The Hall–Kier alpha value is -3.44. The Bertz CT molecular complexity index is 1160. The molecule has 3 aromatic carbocycles. The van der Waals surface area contributed by atoms with Crippen molar-refractivity contribution in [1.29, 1.82) is 0 Å². The number of benzene rings is 3. The Morgan fingerprint density at radius 2 is 1.40 bits per heavy atom. The maximum atomic E-state index is 13.8. The maximum absolute atomic E-state index is 13.8. The van der Waals surface area contributed by atoms with Crippen molar-refractivity contribution < 1.29 is 9.59 Å². The van der Waals surface area contributed by atoms with E-state index in [9.17, 15) is 9.59 Å². The van der Waals surface area contributed by atoms with Gasteiger partial charge in [-0.25, -0.2) is 4.79 Å². The Morgan fingerprint density at radius 1 is 0.800 bits per heavy atom. The summed E-state index contributed by atoms with van der Waals surface area (Å²) in [6.45, 7) is 5.43. The Balaban J connectivity index is 1.25. The lowest BCUT2D eigenvalue weighted by atomic mass is 9.82. The van der Waals surface area contributed by atoms with Crippen LogP contribution in [0.2, 0.25) is 0 Å². The zero-order valence-electron chi connectivity index (χ0n) is 20.3. The maximum Gasteiger partial charge on any atom is 0.325 e. The van der Waals surface area contributed by atoms with Crippen LogP contribution in [0.25, 0.3) is 0 Å². The van der Waals surface area contributed by atoms with E-state index in [4.69, 9.17) is 0 Å². The van der Waals surface area contributed by atoms with Crippen LogP contribution in [0, 0.1) is 6.92 Å². The van der Waals surface area contributed by atoms with E-state index in [-0.39, 0.29) is 11.9 Å². The van der Waals surface area contributed by atoms with Gasteiger partial charge in [-0.2, -0.15) is 0 Å². The summed E-state index contributed by atoms with van der Waals surface area (Å²) in [4.78, 5) is 30.8. The average molecular weight is 468 g/mol. The third-order valence-electron chi connectivity index (χ3n) is 7.51. The van der Waals surface area contributed by atoms with Crippen LogP contribution < -0.4 is 5.32 Å². The van der Waals surface area contributed by atoms with Crippen LogP contribution in [0.5, 0.6) is 0 Å². The van der Waals surface area contributed by atoms with Gasteiger partial charge in [-0.1, -0.05) is 90.5 Å². The molecule has 0 bridgehead atoms. The molecule has 5 heteroatoms. The van der Waals surface area contributed by atoms with Crippen molar-refractivity contribution in [1.82, 2.24) is 15.1 Å². The number of nitrogens with zero attached hydrogens (tertiary/aromatic N) is 2. The molecule has 3 aromatic rings. The van der Waals surface area contributed by atoms with Crippen LogP contribution in [0.3, 0.4) is 0 Å². The number of amides is 3. The standard InChI is InChI=1S/C30H33N3O2/c1-23-13-15-27(16-14-23)30(26-11-6-3-7-12-26)28(34)33(29(35)31-30)20-8-19-32-21-17-25(18-22-32)24-9-4-2-5-10-24/h2-7,9-16,25H,8,17-22H2,1H3,(H,31,35). The highest BCUT2D eigenvalue weighted by atomic mass is 16.2. The lowest BCUT2D eigenvalue weighted by Crippen LogP contribution is -2.45. The normalized spacial score (nSPS) is 21.3. The van der Waals surface area contributed by atoms with Crippen molar-refractivity contribution in [3.8, 4) is 0 Å². The van der Waals surface area contributed by atoms with Crippen LogP contribution in [-0.4, -0.2) is 47.9 Å². The molecule has 5 rings (SSSR count). The fraction of sp³-hybridized carbons (Fsp3) is 0.333. The molecule has 2 aliphatic rings. The van der Waals surface area contributed by atoms with E-state index in [1.54, 1.807) is 0 Å². The van der Waals surface area contributed by atoms with Gasteiger partial charge >= 0.3 is 6.03 Å². The number of imide groups is 1. The van der Waals surface area contributed by atoms with Gasteiger partial charge in [-0.15, -0.1) is 0 Å². The van der Waals surface area contributed by atoms with Gasteiger partial charge in [0.25, 0.3) is 5.91 Å². The quantitative estimate of drug-likeness (QED) is 0.494. The van der Waals surface area contributed by atoms with E-state index in [1.807, 2.05) is 61.5 Å². The number of nitrogens with one attached hydrogen (secondary N) is 1. The number of likely N-dealkylation sites (tertiary alicyclic amines) is 1. The van der Waals surface area contributed by atoms with Crippen LogP contribution in [0.4, 0.5) is 4.79 Å². The number of aryl methyl sites for hydroxylation is 1. The highest BCUT2D eigenvalue weighted by molar-refractivity contribution is 6.09. The Labute approximate surface area is 207 Å². The predicted octanol–water partition coefficient (Wildman–Crippen LogP) is 5.06. The molecule has 180 valence electrons. The van der Waals surface area contributed by atoms with E-state index in [2.05, 4.69) is 40.5 Å². The van der Waals surface area contributed by atoms with Crippen molar-refractivity contribution >= 4 is 11.9 Å². The van der Waals surface area contributed by atoms with Crippen molar-refractivity contribution in [3.05, 3.63) is 107 Å². The molecule has 0 saturated carbocycles. The second-order valence-electron chi connectivity index (χ2n) is 9.75. The molecule has 2 heterocycles. The van der Waals surface area contributed by atoms with Gasteiger partial charge in [-0.3, -0.25) is 9.69 Å². The van der Waals surface area contributed by atoms with Crippen molar-refractivity contribution in [2.24, 2.45) is 0 Å². The molecule has 0 radical (unpaired) electrons. The van der Waals surface area contributed by atoms with Crippen molar-refractivity contribution in [2.45, 2.75) is 37.6 Å².